The molecule has 1 aromatic heterocycles. The van der Waals surface area contributed by atoms with Crippen LogP contribution in [0.15, 0.2) is 30.3 Å². The van der Waals surface area contributed by atoms with Crippen molar-refractivity contribution in [3.05, 3.63) is 36.0 Å². The number of hydrogen-bond donors (Lipinski definition) is 1. The number of benzene rings is 1. The monoisotopic (exact) mass is 189 g/mol. The number of aromatic amines is 1. The smallest absolute Gasteiger partial charge is 0.118 e. The standard InChI is InChI=1S/C10H11N3O/c1-14-7-9-10(12-13-11-9)8-5-3-2-4-6-8/h2-6H,7H2,1H3,(H,11,12,13). The molecule has 72 valence electrons. The van der Waals surface area contributed by atoms with E-state index in [2.05, 4.69) is 15.4 Å². The second kappa shape index (κ2) is 4.02. The van der Waals surface area contributed by atoms with E-state index in [9.17, 15) is 0 Å². The maximum absolute atomic E-state index is 5.03. The molecule has 0 atom stereocenters. The third-order valence-electron chi connectivity index (χ3n) is 1.95. The molecular formula is C10H11N3O. The van der Waals surface area contributed by atoms with Crippen LogP contribution in [0, 0.1) is 0 Å². The molecule has 1 heterocycles. The van der Waals surface area contributed by atoms with Crippen molar-refractivity contribution in [2.24, 2.45) is 0 Å². The van der Waals surface area contributed by atoms with Crippen molar-refractivity contribution in [3.8, 4) is 11.3 Å². The van der Waals surface area contributed by atoms with Crippen LogP contribution in [0.4, 0.5) is 0 Å². The van der Waals surface area contributed by atoms with Gasteiger partial charge in [0.1, 0.15) is 11.4 Å². The van der Waals surface area contributed by atoms with Gasteiger partial charge in [-0.1, -0.05) is 30.3 Å². The Labute approximate surface area is 81.9 Å². The quantitative estimate of drug-likeness (QED) is 0.798. The number of ether oxygens (including phenoxy) is 1. The van der Waals surface area contributed by atoms with E-state index in [0.717, 1.165) is 17.0 Å². The molecule has 0 fully saturated rings. The number of H-pyrrole nitrogens is 1. The van der Waals surface area contributed by atoms with Gasteiger partial charge in [-0.2, -0.15) is 15.4 Å². The molecular weight excluding hydrogens is 178 g/mol. The highest BCUT2D eigenvalue weighted by Gasteiger charge is 2.08. The molecule has 0 aliphatic heterocycles. The largest absolute Gasteiger partial charge is 0.378 e. The summed E-state index contributed by atoms with van der Waals surface area (Å²) in [5, 5.41) is 10.7. The summed E-state index contributed by atoms with van der Waals surface area (Å²) >= 11 is 0. The molecule has 4 nitrogen and oxygen atoms in total. The van der Waals surface area contributed by atoms with Crippen molar-refractivity contribution >= 4 is 0 Å². The first-order valence-corrected chi connectivity index (χ1v) is 4.36. The maximum atomic E-state index is 5.03. The third-order valence-corrected chi connectivity index (χ3v) is 1.95. The highest BCUT2D eigenvalue weighted by molar-refractivity contribution is 5.60. The Balaban J connectivity index is 2.37. The SMILES string of the molecule is COCc1n[nH]nc1-c1ccccc1. The van der Waals surface area contributed by atoms with Crippen LogP contribution >= 0.6 is 0 Å². The Bertz CT molecular complexity index is 397. The first kappa shape index (κ1) is 8.90. The number of nitrogens with zero attached hydrogens (tertiary/aromatic N) is 2. The molecule has 1 aromatic carbocycles. The van der Waals surface area contributed by atoms with Gasteiger partial charge in [-0.15, -0.1) is 0 Å². The molecule has 1 N–H and O–H groups in total. The predicted octanol–water partition coefficient (Wildman–Crippen LogP) is 1.62. The summed E-state index contributed by atoms with van der Waals surface area (Å²) in [4.78, 5) is 0. The zero-order chi connectivity index (χ0) is 9.80. The van der Waals surface area contributed by atoms with E-state index in [0.29, 0.717) is 6.61 Å². The molecule has 2 aromatic rings. The van der Waals surface area contributed by atoms with E-state index >= 15 is 0 Å². The fourth-order valence-corrected chi connectivity index (χ4v) is 1.32. The van der Waals surface area contributed by atoms with E-state index < -0.39 is 0 Å². The summed E-state index contributed by atoms with van der Waals surface area (Å²) in [6.07, 6.45) is 0. The lowest BCUT2D eigenvalue weighted by Crippen LogP contribution is -1.90. The summed E-state index contributed by atoms with van der Waals surface area (Å²) in [5.41, 5.74) is 2.74. The first-order valence-electron chi connectivity index (χ1n) is 4.36. The molecule has 0 aliphatic rings. The van der Waals surface area contributed by atoms with Gasteiger partial charge in [0.05, 0.1) is 6.61 Å². The van der Waals surface area contributed by atoms with Gasteiger partial charge in [-0.05, 0) is 0 Å². The van der Waals surface area contributed by atoms with E-state index in [1.54, 1.807) is 7.11 Å². The normalized spacial score (nSPS) is 10.4. The predicted molar refractivity (Wildman–Crippen MR) is 52.5 cm³/mol. The maximum Gasteiger partial charge on any atom is 0.118 e. The van der Waals surface area contributed by atoms with Crippen LogP contribution in [0.3, 0.4) is 0 Å². The van der Waals surface area contributed by atoms with Crippen LogP contribution < -0.4 is 0 Å². The molecule has 4 heteroatoms. The summed E-state index contributed by atoms with van der Waals surface area (Å²) in [6.45, 7) is 0.473. The molecule has 0 aliphatic carbocycles. The minimum absolute atomic E-state index is 0.473. The molecule has 0 radical (unpaired) electrons. The van der Waals surface area contributed by atoms with Crippen molar-refractivity contribution in [1.29, 1.82) is 0 Å². The zero-order valence-electron chi connectivity index (χ0n) is 7.90. The molecule has 0 bridgehead atoms. The average Bonchev–Trinajstić information content (AvgIpc) is 2.68. The van der Waals surface area contributed by atoms with Crippen molar-refractivity contribution in [2.75, 3.05) is 7.11 Å². The Morgan fingerprint density at radius 1 is 1.21 bits per heavy atom. The summed E-state index contributed by atoms with van der Waals surface area (Å²) in [5.74, 6) is 0. The van der Waals surface area contributed by atoms with Crippen molar-refractivity contribution < 1.29 is 4.74 Å². The van der Waals surface area contributed by atoms with Gasteiger partial charge >= 0.3 is 0 Å². The third kappa shape index (κ3) is 1.65. The first-order chi connectivity index (χ1) is 6.92. The van der Waals surface area contributed by atoms with E-state index in [1.165, 1.54) is 0 Å². The fraction of sp³-hybridized carbons (Fsp3) is 0.200. The van der Waals surface area contributed by atoms with E-state index in [4.69, 9.17) is 4.74 Å². The summed E-state index contributed by atoms with van der Waals surface area (Å²) in [7, 11) is 1.64. The highest BCUT2D eigenvalue weighted by atomic mass is 16.5. The molecule has 0 saturated carbocycles. The van der Waals surface area contributed by atoms with Gasteiger partial charge in [0, 0.05) is 12.7 Å². The fourth-order valence-electron chi connectivity index (χ4n) is 1.32. The zero-order valence-corrected chi connectivity index (χ0v) is 7.90. The van der Waals surface area contributed by atoms with Crippen LogP contribution in [0.1, 0.15) is 5.69 Å². The topological polar surface area (TPSA) is 50.8 Å². The van der Waals surface area contributed by atoms with Gasteiger partial charge in [0.25, 0.3) is 0 Å². The second-order valence-electron chi connectivity index (χ2n) is 2.92. The number of methoxy groups -OCH3 is 1. The van der Waals surface area contributed by atoms with Gasteiger partial charge in [-0.25, -0.2) is 0 Å². The molecule has 0 spiro atoms. The Kier molecular flexibility index (Phi) is 2.55. The lowest BCUT2D eigenvalue weighted by atomic mass is 10.1. The summed E-state index contributed by atoms with van der Waals surface area (Å²) in [6, 6.07) is 9.91. The average molecular weight is 189 g/mol. The Morgan fingerprint density at radius 3 is 2.71 bits per heavy atom. The van der Waals surface area contributed by atoms with Crippen LogP contribution in [-0.2, 0) is 11.3 Å². The van der Waals surface area contributed by atoms with Crippen molar-refractivity contribution in [3.63, 3.8) is 0 Å². The molecule has 0 amide bonds. The van der Waals surface area contributed by atoms with Crippen LogP contribution in [0.25, 0.3) is 11.3 Å². The molecule has 2 rings (SSSR count). The number of rotatable bonds is 3. The number of hydrogen-bond acceptors (Lipinski definition) is 3. The van der Waals surface area contributed by atoms with Crippen LogP contribution in [0.5, 0.6) is 0 Å². The molecule has 0 saturated heterocycles. The second-order valence-corrected chi connectivity index (χ2v) is 2.92. The molecule has 14 heavy (non-hydrogen) atoms. The van der Waals surface area contributed by atoms with Gasteiger partial charge < -0.3 is 4.74 Å². The minimum Gasteiger partial charge on any atom is -0.378 e. The lowest BCUT2D eigenvalue weighted by Gasteiger charge is -1.98. The van der Waals surface area contributed by atoms with Gasteiger partial charge in [0.15, 0.2) is 0 Å². The Morgan fingerprint density at radius 2 is 2.00 bits per heavy atom. The van der Waals surface area contributed by atoms with Gasteiger partial charge in [-0.3, -0.25) is 0 Å². The van der Waals surface area contributed by atoms with Crippen molar-refractivity contribution in [1.82, 2.24) is 15.4 Å². The van der Waals surface area contributed by atoms with Crippen LogP contribution in [-0.4, -0.2) is 22.5 Å². The molecule has 0 unspecified atom stereocenters. The van der Waals surface area contributed by atoms with E-state index in [1.807, 2.05) is 30.3 Å². The number of aromatic nitrogens is 3. The van der Waals surface area contributed by atoms with Crippen LogP contribution in [0.2, 0.25) is 0 Å². The highest BCUT2D eigenvalue weighted by Crippen LogP contribution is 2.18. The van der Waals surface area contributed by atoms with E-state index in [-0.39, 0.29) is 0 Å². The summed E-state index contributed by atoms with van der Waals surface area (Å²) < 4.78 is 5.03. The lowest BCUT2D eigenvalue weighted by molar-refractivity contribution is 0.182. The van der Waals surface area contributed by atoms with Gasteiger partial charge in [0.2, 0.25) is 0 Å². The number of nitrogens with one attached hydrogen (secondary N) is 1. The minimum atomic E-state index is 0.473. The van der Waals surface area contributed by atoms with Crippen molar-refractivity contribution in [2.45, 2.75) is 6.61 Å². The Hall–Kier alpha value is -1.68.